The highest BCUT2D eigenvalue weighted by atomic mass is 16.3. The van der Waals surface area contributed by atoms with Gasteiger partial charge in [-0.2, -0.15) is 0 Å². The molecule has 1 aromatic rings. The number of aryl methyl sites for hydroxylation is 1. The highest BCUT2D eigenvalue weighted by Gasteiger charge is 2.19. The van der Waals surface area contributed by atoms with Crippen molar-refractivity contribution in [2.24, 2.45) is 0 Å². The summed E-state index contributed by atoms with van der Waals surface area (Å²) in [5.74, 6) is 0. The van der Waals surface area contributed by atoms with Crippen LogP contribution in [0.2, 0.25) is 0 Å². The maximum absolute atomic E-state index is 9.54. The monoisotopic (exact) mass is 303 g/mol. The molecule has 0 radical (unpaired) electrons. The largest absolute Gasteiger partial charge is 0.392 e. The van der Waals surface area contributed by atoms with Gasteiger partial charge in [-0.05, 0) is 36.8 Å². The van der Waals surface area contributed by atoms with Gasteiger partial charge in [0.1, 0.15) is 0 Å². The third-order valence-corrected chi connectivity index (χ3v) is 4.81. The minimum atomic E-state index is -0.0975. The van der Waals surface area contributed by atoms with Crippen LogP contribution < -0.4 is 0 Å². The van der Waals surface area contributed by atoms with Crippen LogP contribution in [-0.2, 0) is 12.8 Å². The average molecular weight is 303 g/mol. The first-order valence-corrected chi connectivity index (χ1v) is 9.26. The molecule has 2 heteroatoms. The van der Waals surface area contributed by atoms with Crippen molar-refractivity contribution in [3.05, 3.63) is 35.4 Å². The van der Waals surface area contributed by atoms with Crippen LogP contribution in [0.5, 0.6) is 0 Å². The van der Waals surface area contributed by atoms with Crippen LogP contribution >= 0.6 is 0 Å². The molecule has 1 heterocycles. The standard InChI is InChI=1S/C20H33NO/c1-2-3-4-5-6-7-8-18-9-11-19(12-10-18)13-15-21-16-14-20(22)17-21/h9-12,20,22H,2-8,13-17H2,1H3. The van der Waals surface area contributed by atoms with E-state index < -0.39 is 0 Å². The summed E-state index contributed by atoms with van der Waals surface area (Å²) in [5.41, 5.74) is 2.91. The molecule has 124 valence electrons. The van der Waals surface area contributed by atoms with Gasteiger partial charge in [-0.15, -0.1) is 0 Å². The average Bonchev–Trinajstić information content (AvgIpc) is 2.95. The molecule has 1 aliphatic rings. The van der Waals surface area contributed by atoms with Crippen molar-refractivity contribution in [3.8, 4) is 0 Å². The number of rotatable bonds is 10. The number of benzene rings is 1. The molecule has 1 aliphatic heterocycles. The first kappa shape index (κ1) is 17.5. The predicted molar refractivity (Wildman–Crippen MR) is 94.3 cm³/mol. The van der Waals surface area contributed by atoms with E-state index in [0.717, 1.165) is 32.5 Å². The summed E-state index contributed by atoms with van der Waals surface area (Å²) in [7, 11) is 0. The minimum absolute atomic E-state index is 0.0975. The second-order valence-corrected chi connectivity index (χ2v) is 6.83. The van der Waals surface area contributed by atoms with Crippen LogP contribution in [0.1, 0.15) is 63.0 Å². The lowest BCUT2D eigenvalue weighted by Crippen LogP contribution is -2.24. The van der Waals surface area contributed by atoms with Gasteiger partial charge in [-0.1, -0.05) is 63.3 Å². The zero-order valence-corrected chi connectivity index (χ0v) is 14.3. The molecule has 2 nitrogen and oxygen atoms in total. The van der Waals surface area contributed by atoms with Crippen molar-refractivity contribution < 1.29 is 5.11 Å². The van der Waals surface area contributed by atoms with Gasteiger partial charge in [0.05, 0.1) is 6.10 Å². The van der Waals surface area contributed by atoms with Gasteiger partial charge in [-0.3, -0.25) is 0 Å². The van der Waals surface area contributed by atoms with E-state index in [1.54, 1.807) is 0 Å². The first-order valence-electron chi connectivity index (χ1n) is 9.26. The predicted octanol–water partition coefficient (Wildman–Crippen LogP) is 4.20. The molecule has 1 saturated heterocycles. The molecule has 0 aliphatic carbocycles. The van der Waals surface area contributed by atoms with Gasteiger partial charge in [-0.25, -0.2) is 0 Å². The van der Waals surface area contributed by atoms with E-state index in [4.69, 9.17) is 0 Å². The summed E-state index contributed by atoms with van der Waals surface area (Å²) in [6, 6.07) is 9.19. The van der Waals surface area contributed by atoms with Crippen LogP contribution in [0.25, 0.3) is 0 Å². The number of nitrogens with zero attached hydrogens (tertiary/aromatic N) is 1. The minimum Gasteiger partial charge on any atom is -0.392 e. The fourth-order valence-corrected chi connectivity index (χ4v) is 3.28. The molecule has 0 amide bonds. The van der Waals surface area contributed by atoms with E-state index in [2.05, 4.69) is 36.1 Å². The molecule has 0 spiro atoms. The van der Waals surface area contributed by atoms with Gasteiger partial charge >= 0.3 is 0 Å². The molecule has 0 saturated carbocycles. The van der Waals surface area contributed by atoms with Crippen molar-refractivity contribution >= 4 is 0 Å². The Bertz CT molecular complexity index is 401. The Labute approximate surface area is 136 Å². The van der Waals surface area contributed by atoms with Gasteiger partial charge < -0.3 is 10.0 Å². The fourth-order valence-electron chi connectivity index (χ4n) is 3.28. The Balaban J connectivity index is 1.60. The molecule has 1 N–H and O–H groups in total. The lowest BCUT2D eigenvalue weighted by atomic mass is 10.0. The molecular weight excluding hydrogens is 270 g/mol. The Morgan fingerprint density at radius 2 is 1.59 bits per heavy atom. The van der Waals surface area contributed by atoms with E-state index in [-0.39, 0.29) is 6.10 Å². The van der Waals surface area contributed by atoms with Crippen LogP contribution in [0.3, 0.4) is 0 Å². The summed E-state index contributed by atoms with van der Waals surface area (Å²) in [6.07, 6.45) is 11.4. The highest BCUT2D eigenvalue weighted by Crippen LogP contribution is 2.13. The second-order valence-electron chi connectivity index (χ2n) is 6.83. The third kappa shape index (κ3) is 6.50. The summed E-state index contributed by atoms with van der Waals surface area (Å²) < 4.78 is 0. The van der Waals surface area contributed by atoms with Crippen LogP contribution in [0, 0.1) is 0 Å². The number of hydrogen-bond donors (Lipinski definition) is 1. The quantitative estimate of drug-likeness (QED) is 0.655. The number of β-amino-alcohol motifs (C(OH)–C–C–N with tert-alkyl or cyclic N) is 1. The Kier molecular flexibility index (Phi) is 7.96. The molecule has 1 atom stereocenters. The lowest BCUT2D eigenvalue weighted by Gasteiger charge is -2.14. The zero-order chi connectivity index (χ0) is 15.6. The van der Waals surface area contributed by atoms with Crippen molar-refractivity contribution in [2.75, 3.05) is 19.6 Å². The molecule has 2 rings (SSSR count). The van der Waals surface area contributed by atoms with E-state index >= 15 is 0 Å². The Morgan fingerprint density at radius 1 is 0.955 bits per heavy atom. The van der Waals surface area contributed by atoms with E-state index in [1.807, 2.05) is 0 Å². The van der Waals surface area contributed by atoms with E-state index in [9.17, 15) is 5.11 Å². The molecule has 22 heavy (non-hydrogen) atoms. The summed E-state index contributed by atoms with van der Waals surface area (Å²) >= 11 is 0. The molecule has 1 aromatic carbocycles. The SMILES string of the molecule is CCCCCCCCc1ccc(CCN2CCC(O)C2)cc1. The third-order valence-electron chi connectivity index (χ3n) is 4.81. The number of likely N-dealkylation sites (tertiary alicyclic amines) is 1. The lowest BCUT2D eigenvalue weighted by molar-refractivity contribution is 0.177. The summed E-state index contributed by atoms with van der Waals surface area (Å²) in [6.45, 7) is 5.26. The Hall–Kier alpha value is -0.860. The van der Waals surface area contributed by atoms with E-state index in [0.29, 0.717) is 0 Å². The van der Waals surface area contributed by atoms with Crippen molar-refractivity contribution in [2.45, 2.75) is 70.8 Å². The normalized spacial score (nSPS) is 18.9. The number of aliphatic hydroxyl groups is 1. The van der Waals surface area contributed by atoms with Gasteiger partial charge in [0.2, 0.25) is 0 Å². The van der Waals surface area contributed by atoms with Crippen molar-refractivity contribution in [3.63, 3.8) is 0 Å². The number of hydrogen-bond acceptors (Lipinski definition) is 2. The molecule has 0 aromatic heterocycles. The van der Waals surface area contributed by atoms with Crippen LogP contribution in [-0.4, -0.2) is 35.7 Å². The van der Waals surface area contributed by atoms with Crippen molar-refractivity contribution in [1.82, 2.24) is 4.90 Å². The Morgan fingerprint density at radius 3 is 2.23 bits per heavy atom. The molecule has 1 fully saturated rings. The summed E-state index contributed by atoms with van der Waals surface area (Å²) in [4.78, 5) is 2.37. The van der Waals surface area contributed by atoms with Crippen LogP contribution in [0.15, 0.2) is 24.3 Å². The highest BCUT2D eigenvalue weighted by molar-refractivity contribution is 5.22. The molecular formula is C20H33NO. The van der Waals surface area contributed by atoms with Gasteiger partial charge in [0, 0.05) is 19.6 Å². The topological polar surface area (TPSA) is 23.5 Å². The summed E-state index contributed by atoms with van der Waals surface area (Å²) in [5, 5.41) is 9.54. The van der Waals surface area contributed by atoms with Gasteiger partial charge in [0.25, 0.3) is 0 Å². The first-order chi connectivity index (χ1) is 10.8. The van der Waals surface area contributed by atoms with Crippen molar-refractivity contribution in [1.29, 1.82) is 0 Å². The fraction of sp³-hybridized carbons (Fsp3) is 0.700. The van der Waals surface area contributed by atoms with E-state index in [1.165, 1.54) is 56.1 Å². The van der Waals surface area contributed by atoms with Gasteiger partial charge in [0.15, 0.2) is 0 Å². The molecule has 1 unspecified atom stereocenters. The van der Waals surface area contributed by atoms with Crippen LogP contribution in [0.4, 0.5) is 0 Å². The second kappa shape index (κ2) is 10.0. The maximum atomic E-state index is 9.54. The number of aliphatic hydroxyl groups excluding tert-OH is 1. The molecule has 0 bridgehead atoms. The maximum Gasteiger partial charge on any atom is 0.0679 e. The number of unbranched alkanes of at least 4 members (excludes halogenated alkanes) is 5. The smallest absolute Gasteiger partial charge is 0.0679 e. The zero-order valence-electron chi connectivity index (χ0n) is 14.3.